The van der Waals surface area contributed by atoms with Crippen LogP contribution in [-0.2, 0) is 15.7 Å². The number of hydrogen-bond donors (Lipinski definition) is 1. The first-order valence-corrected chi connectivity index (χ1v) is 5.34. The van der Waals surface area contributed by atoms with Crippen LogP contribution in [0.2, 0.25) is 0 Å². The highest BCUT2D eigenvalue weighted by Crippen LogP contribution is 2.32. The van der Waals surface area contributed by atoms with E-state index in [0.717, 1.165) is 6.07 Å². The van der Waals surface area contributed by atoms with Crippen LogP contribution in [0.25, 0.3) is 0 Å². The molecule has 0 spiro atoms. The normalized spacial score (nSPS) is 11.2. The molecule has 1 aromatic carbocycles. The quantitative estimate of drug-likeness (QED) is 0.521. The van der Waals surface area contributed by atoms with E-state index in [9.17, 15) is 27.9 Å². The molecule has 0 saturated heterocycles. The molecule has 0 radical (unpaired) electrons. The van der Waals surface area contributed by atoms with Gasteiger partial charge in [-0.3, -0.25) is 9.59 Å². The van der Waals surface area contributed by atoms with E-state index in [1.165, 1.54) is 6.92 Å². The maximum absolute atomic E-state index is 12.5. The van der Waals surface area contributed by atoms with Gasteiger partial charge >= 0.3 is 12.1 Å². The molecule has 0 aliphatic heterocycles. The molecule has 0 saturated carbocycles. The molecule has 0 amide bonds. The zero-order valence-corrected chi connectivity index (χ0v) is 9.95. The molecular weight excluding hydrogens is 265 g/mol. The summed E-state index contributed by atoms with van der Waals surface area (Å²) in [6, 6.07) is 1.93. The number of ether oxygens (including phenoxy) is 1. The fraction of sp³-hybridized carbons (Fsp3) is 0.333. The Labute approximate surface area is 106 Å². The van der Waals surface area contributed by atoms with E-state index >= 15 is 0 Å². The number of halogens is 3. The molecule has 0 heterocycles. The minimum absolute atomic E-state index is 0.0562. The molecule has 0 unspecified atom stereocenters. The number of ketones is 1. The zero-order valence-electron chi connectivity index (χ0n) is 9.95. The summed E-state index contributed by atoms with van der Waals surface area (Å²) in [7, 11) is 0. The van der Waals surface area contributed by atoms with Crippen molar-refractivity contribution in [1.82, 2.24) is 0 Å². The number of phenolic OH excluding ortho intramolecular Hbond substituents is 1. The highest BCUT2D eigenvalue weighted by atomic mass is 19.4. The van der Waals surface area contributed by atoms with E-state index in [1.54, 1.807) is 0 Å². The Morgan fingerprint density at radius 2 is 1.95 bits per heavy atom. The van der Waals surface area contributed by atoms with Gasteiger partial charge < -0.3 is 9.84 Å². The van der Waals surface area contributed by atoms with Gasteiger partial charge in [-0.2, -0.15) is 13.2 Å². The van der Waals surface area contributed by atoms with Crippen LogP contribution < -0.4 is 0 Å². The summed E-state index contributed by atoms with van der Waals surface area (Å²) in [5.41, 5.74) is -1.62. The smallest absolute Gasteiger partial charge is 0.416 e. The lowest BCUT2D eigenvalue weighted by Crippen LogP contribution is -2.13. The van der Waals surface area contributed by atoms with Gasteiger partial charge in [0.1, 0.15) is 12.2 Å². The van der Waals surface area contributed by atoms with E-state index in [2.05, 4.69) is 4.74 Å². The maximum Gasteiger partial charge on any atom is 0.416 e. The van der Waals surface area contributed by atoms with Crippen LogP contribution in [0.5, 0.6) is 5.75 Å². The van der Waals surface area contributed by atoms with Crippen LogP contribution in [0, 0.1) is 0 Å². The molecule has 0 atom stereocenters. The molecule has 0 aliphatic carbocycles. The Balaban J connectivity index is 2.99. The summed E-state index contributed by atoms with van der Waals surface area (Å²) in [6.45, 7) is 1.59. The average molecular weight is 276 g/mol. The Hall–Kier alpha value is -2.05. The zero-order chi connectivity index (χ0) is 14.6. The SMILES string of the molecule is CCOC(=O)CC(=O)c1cc(C(F)(F)F)ccc1O. The van der Waals surface area contributed by atoms with E-state index < -0.39 is 41.2 Å². The van der Waals surface area contributed by atoms with Crippen molar-refractivity contribution in [3.8, 4) is 5.75 Å². The predicted molar refractivity (Wildman–Crippen MR) is 58.7 cm³/mol. The molecule has 4 nitrogen and oxygen atoms in total. The summed E-state index contributed by atoms with van der Waals surface area (Å²) >= 11 is 0. The predicted octanol–water partition coefficient (Wildman–Crippen LogP) is 2.55. The molecule has 1 aromatic rings. The number of rotatable bonds is 4. The van der Waals surface area contributed by atoms with Gasteiger partial charge in [-0.05, 0) is 25.1 Å². The number of carbonyl (C=O) groups excluding carboxylic acids is 2. The van der Waals surface area contributed by atoms with Crippen molar-refractivity contribution >= 4 is 11.8 Å². The van der Waals surface area contributed by atoms with Crippen LogP contribution >= 0.6 is 0 Å². The fourth-order valence-electron chi connectivity index (χ4n) is 1.37. The number of hydrogen-bond acceptors (Lipinski definition) is 4. The number of phenols is 1. The second-order valence-corrected chi connectivity index (χ2v) is 3.63. The van der Waals surface area contributed by atoms with Gasteiger partial charge in [-0.25, -0.2) is 0 Å². The highest BCUT2D eigenvalue weighted by molar-refractivity contribution is 6.07. The summed E-state index contributed by atoms with van der Waals surface area (Å²) in [6.07, 6.45) is -5.35. The van der Waals surface area contributed by atoms with E-state index in [4.69, 9.17) is 0 Å². The lowest BCUT2D eigenvalue weighted by Gasteiger charge is -2.09. The number of esters is 1. The monoisotopic (exact) mass is 276 g/mol. The van der Waals surface area contributed by atoms with Crippen molar-refractivity contribution in [1.29, 1.82) is 0 Å². The third kappa shape index (κ3) is 3.97. The Kier molecular flexibility index (Phi) is 4.52. The molecule has 1 rings (SSSR count). The van der Waals surface area contributed by atoms with Crippen molar-refractivity contribution in [2.45, 2.75) is 19.5 Å². The molecule has 0 fully saturated rings. The van der Waals surface area contributed by atoms with Crippen LogP contribution in [-0.4, -0.2) is 23.5 Å². The number of carbonyl (C=O) groups is 2. The fourth-order valence-corrected chi connectivity index (χ4v) is 1.37. The second-order valence-electron chi connectivity index (χ2n) is 3.63. The summed E-state index contributed by atoms with van der Waals surface area (Å²) in [5.74, 6) is -2.39. The van der Waals surface area contributed by atoms with Crippen molar-refractivity contribution in [2.24, 2.45) is 0 Å². The molecule has 0 aromatic heterocycles. The minimum atomic E-state index is -4.63. The molecule has 104 valence electrons. The largest absolute Gasteiger partial charge is 0.507 e. The molecule has 19 heavy (non-hydrogen) atoms. The van der Waals surface area contributed by atoms with Crippen LogP contribution in [0.3, 0.4) is 0 Å². The van der Waals surface area contributed by atoms with Crippen molar-refractivity contribution in [3.05, 3.63) is 29.3 Å². The summed E-state index contributed by atoms with van der Waals surface area (Å²) < 4.78 is 41.9. The maximum atomic E-state index is 12.5. The van der Waals surface area contributed by atoms with E-state index in [-0.39, 0.29) is 6.61 Å². The molecule has 0 aliphatic rings. The first kappa shape index (κ1) is 15.0. The lowest BCUT2D eigenvalue weighted by molar-refractivity contribution is -0.142. The average Bonchev–Trinajstić information content (AvgIpc) is 2.27. The minimum Gasteiger partial charge on any atom is -0.507 e. The molecule has 1 N–H and O–H groups in total. The highest BCUT2D eigenvalue weighted by Gasteiger charge is 2.32. The first-order chi connectivity index (χ1) is 8.75. The van der Waals surface area contributed by atoms with Crippen molar-refractivity contribution < 1.29 is 32.6 Å². The standard InChI is InChI=1S/C12H11F3O4/c1-2-19-11(18)6-10(17)8-5-7(12(13,14)15)3-4-9(8)16/h3-5,16H,2,6H2,1H3. The van der Waals surface area contributed by atoms with Gasteiger partial charge in [-0.1, -0.05) is 0 Å². The third-order valence-electron chi connectivity index (χ3n) is 2.23. The van der Waals surface area contributed by atoms with Crippen LogP contribution in [0.15, 0.2) is 18.2 Å². The molecule has 0 bridgehead atoms. The van der Waals surface area contributed by atoms with Crippen molar-refractivity contribution in [3.63, 3.8) is 0 Å². The number of aromatic hydroxyl groups is 1. The summed E-state index contributed by atoms with van der Waals surface area (Å²) in [5, 5.41) is 9.37. The third-order valence-corrected chi connectivity index (χ3v) is 2.23. The summed E-state index contributed by atoms with van der Waals surface area (Å²) in [4.78, 5) is 22.7. The number of benzene rings is 1. The topological polar surface area (TPSA) is 63.6 Å². The van der Waals surface area contributed by atoms with Gasteiger partial charge in [0.15, 0.2) is 5.78 Å². The van der Waals surface area contributed by atoms with Gasteiger partial charge in [0.05, 0.1) is 17.7 Å². The first-order valence-electron chi connectivity index (χ1n) is 5.34. The molecular formula is C12H11F3O4. The van der Waals surface area contributed by atoms with Gasteiger partial charge in [0.25, 0.3) is 0 Å². The number of alkyl halides is 3. The van der Waals surface area contributed by atoms with Crippen LogP contribution in [0.4, 0.5) is 13.2 Å². The Bertz CT molecular complexity index is 494. The van der Waals surface area contributed by atoms with Crippen LogP contribution in [0.1, 0.15) is 29.3 Å². The Morgan fingerprint density at radius 1 is 1.32 bits per heavy atom. The number of Topliss-reactive ketones (excluding diaryl/α,β-unsaturated/α-hetero) is 1. The van der Waals surface area contributed by atoms with E-state index in [1.807, 2.05) is 0 Å². The Morgan fingerprint density at radius 3 is 2.47 bits per heavy atom. The van der Waals surface area contributed by atoms with Gasteiger partial charge in [-0.15, -0.1) is 0 Å². The van der Waals surface area contributed by atoms with Gasteiger partial charge in [0.2, 0.25) is 0 Å². The van der Waals surface area contributed by atoms with Crippen molar-refractivity contribution in [2.75, 3.05) is 6.61 Å². The van der Waals surface area contributed by atoms with Gasteiger partial charge in [0, 0.05) is 0 Å². The lowest BCUT2D eigenvalue weighted by atomic mass is 10.0. The molecule has 7 heteroatoms. The second kappa shape index (κ2) is 5.73. The van der Waals surface area contributed by atoms with E-state index in [0.29, 0.717) is 12.1 Å².